The SMILES string of the molecule is CC(C(=O)NC1CC1)N1CCN(c2cc(C#N)nc3ccccc23)CC1. The molecule has 1 N–H and O–H groups in total. The van der Waals surface area contributed by atoms with Crippen molar-refractivity contribution in [3.8, 4) is 6.07 Å². The quantitative estimate of drug-likeness (QED) is 0.913. The highest BCUT2D eigenvalue weighted by atomic mass is 16.2. The van der Waals surface area contributed by atoms with Crippen LogP contribution in [0.15, 0.2) is 30.3 Å². The van der Waals surface area contributed by atoms with Crippen LogP contribution in [0.5, 0.6) is 0 Å². The Morgan fingerprint density at radius 1 is 1.27 bits per heavy atom. The highest BCUT2D eigenvalue weighted by Gasteiger charge is 2.30. The third-order valence-electron chi connectivity index (χ3n) is 5.31. The smallest absolute Gasteiger partial charge is 0.237 e. The van der Waals surface area contributed by atoms with Crippen LogP contribution in [0.25, 0.3) is 10.9 Å². The van der Waals surface area contributed by atoms with Gasteiger partial charge >= 0.3 is 0 Å². The molecule has 26 heavy (non-hydrogen) atoms. The Hall–Kier alpha value is -2.65. The maximum absolute atomic E-state index is 12.3. The zero-order valence-electron chi connectivity index (χ0n) is 15.0. The topological polar surface area (TPSA) is 72.3 Å². The van der Waals surface area contributed by atoms with Crippen molar-refractivity contribution in [3.63, 3.8) is 0 Å². The molecule has 4 rings (SSSR count). The van der Waals surface area contributed by atoms with Crippen LogP contribution in [0.4, 0.5) is 5.69 Å². The van der Waals surface area contributed by atoms with Crippen LogP contribution in [-0.4, -0.2) is 54.1 Å². The zero-order chi connectivity index (χ0) is 18.1. The van der Waals surface area contributed by atoms with Crippen LogP contribution >= 0.6 is 0 Å². The summed E-state index contributed by atoms with van der Waals surface area (Å²) in [6, 6.07) is 12.3. The largest absolute Gasteiger partial charge is 0.368 e. The Morgan fingerprint density at radius 2 is 2.00 bits per heavy atom. The first-order chi connectivity index (χ1) is 12.7. The summed E-state index contributed by atoms with van der Waals surface area (Å²) in [6.45, 7) is 5.32. The molecule has 2 fully saturated rings. The van der Waals surface area contributed by atoms with E-state index in [2.05, 4.69) is 32.2 Å². The van der Waals surface area contributed by atoms with Gasteiger partial charge in [0.15, 0.2) is 0 Å². The number of piperazine rings is 1. The van der Waals surface area contributed by atoms with Gasteiger partial charge in [0, 0.05) is 43.3 Å². The number of nitrogens with one attached hydrogen (secondary N) is 1. The first-order valence-electron chi connectivity index (χ1n) is 9.25. The predicted octanol–water partition coefficient (Wildman–Crippen LogP) is 1.90. The second-order valence-electron chi connectivity index (χ2n) is 7.14. The molecule has 2 heterocycles. The lowest BCUT2D eigenvalue weighted by Crippen LogP contribution is -2.54. The van der Waals surface area contributed by atoms with Crippen LogP contribution in [0.2, 0.25) is 0 Å². The molecule has 1 amide bonds. The normalized spacial score (nSPS) is 19.2. The number of para-hydroxylation sites is 1. The molecule has 6 nitrogen and oxygen atoms in total. The third kappa shape index (κ3) is 3.35. The van der Waals surface area contributed by atoms with Gasteiger partial charge in [-0.15, -0.1) is 0 Å². The van der Waals surface area contributed by atoms with E-state index in [1.807, 2.05) is 31.2 Å². The van der Waals surface area contributed by atoms with E-state index in [9.17, 15) is 10.1 Å². The Labute approximate surface area is 153 Å². The first kappa shape index (κ1) is 16.8. The summed E-state index contributed by atoms with van der Waals surface area (Å²) in [5.74, 6) is 0.141. The number of benzene rings is 1. The van der Waals surface area contributed by atoms with Gasteiger partial charge in [0.2, 0.25) is 5.91 Å². The van der Waals surface area contributed by atoms with Gasteiger partial charge < -0.3 is 10.2 Å². The number of hydrogen-bond donors (Lipinski definition) is 1. The third-order valence-corrected chi connectivity index (χ3v) is 5.31. The molecule has 1 unspecified atom stereocenters. The molecule has 1 aliphatic carbocycles. The van der Waals surface area contributed by atoms with Gasteiger partial charge in [-0.05, 0) is 31.9 Å². The molecule has 6 heteroatoms. The van der Waals surface area contributed by atoms with Gasteiger partial charge in [-0.2, -0.15) is 5.26 Å². The molecule has 2 aromatic rings. The first-order valence-corrected chi connectivity index (χ1v) is 9.25. The van der Waals surface area contributed by atoms with Crippen molar-refractivity contribution in [1.82, 2.24) is 15.2 Å². The van der Waals surface area contributed by atoms with E-state index in [-0.39, 0.29) is 11.9 Å². The van der Waals surface area contributed by atoms with Crippen LogP contribution in [0, 0.1) is 11.3 Å². The number of fused-ring (bicyclic) bond motifs is 1. The van der Waals surface area contributed by atoms with Crippen molar-refractivity contribution < 1.29 is 4.79 Å². The highest BCUT2D eigenvalue weighted by Crippen LogP contribution is 2.28. The summed E-state index contributed by atoms with van der Waals surface area (Å²) in [4.78, 5) is 21.2. The summed E-state index contributed by atoms with van der Waals surface area (Å²) in [5, 5.41) is 13.5. The van der Waals surface area contributed by atoms with Crippen LogP contribution in [0.1, 0.15) is 25.5 Å². The van der Waals surface area contributed by atoms with E-state index in [1.165, 1.54) is 0 Å². The minimum atomic E-state index is -0.0957. The number of anilines is 1. The van der Waals surface area contributed by atoms with Crippen molar-refractivity contribution in [2.45, 2.75) is 31.8 Å². The van der Waals surface area contributed by atoms with Gasteiger partial charge in [0.25, 0.3) is 0 Å². The maximum Gasteiger partial charge on any atom is 0.237 e. The number of nitriles is 1. The van der Waals surface area contributed by atoms with E-state index in [0.717, 1.165) is 55.6 Å². The van der Waals surface area contributed by atoms with Crippen molar-refractivity contribution in [3.05, 3.63) is 36.0 Å². The predicted molar refractivity (Wildman–Crippen MR) is 101 cm³/mol. The average molecular weight is 349 g/mol. The number of rotatable bonds is 4. The number of pyridine rings is 1. The molecule has 1 aromatic heterocycles. The van der Waals surface area contributed by atoms with Crippen molar-refractivity contribution in [1.29, 1.82) is 5.26 Å². The number of hydrogen-bond acceptors (Lipinski definition) is 5. The minimum Gasteiger partial charge on any atom is -0.368 e. The molecule has 1 aliphatic heterocycles. The van der Waals surface area contributed by atoms with E-state index in [0.29, 0.717) is 11.7 Å². The lowest BCUT2D eigenvalue weighted by Gasteiger charge is -2.39. The molecule has 1 saturated carbocycles. The number of carbonyl (C=O) groups is 1. The van der Waals surface area contributed by atoms with Crippen molar-refractivity contribution >= 4 is 22.5 Å². The molecule has 1 saturated heterocycles. The second-order valence-corrected chi connectivity index (χ2v) is 7.14. The summed E-state index contributed by atoms with van der Waals surface area (Å²) in [6.07, 6.45) is 2.23. The van der Waals surface area contributed by atoms with Gasteiger partial charge in [0.1, 0.15) is 11.8 Å². The molecule has 1 atom stereocenters. The fourth-order valence-corrected chi connectivity index (χ4v) is 3.54. The number of carbonyl (C=O) groups excluding carboxylic acids is 1. The molecule has 0 bridgehead atoms. The molecule has 0 radical (unpaired) electrons. The second kappa shape index (κ2) is 6.93. The number of amides is 1. The van der Waals surface area contributed by atoms with Gasteiger partial charge in [-0.3, -0.25) is 9.69 Å². The van der Waals surface area contributed by atoms with Crippen LogP contribution in [-0.2, 0) is 4.79 Å². The minimum absolute atomic E-state index is 0.0957. The average Bonchev–Trinajstić information content (AvgIpc) is 3.50. The number of nitrogens with zero attached hydrogens (tertiary/aromatic N) is 4. The van der Waals surface area contributed by atoms with E-state index in [4.69, 9.17) is 0 Å². The zero-order valence-corrected chi connectivity index (χ0v) is 15.0. The van der Waals surface area contributed by atoms with E-state index in [1.54, 1.807) is 0 Å². The molecular formula is C20H23N5O. The van der Waals surface area contributed by atoms with Crippen LogP contribution in [0.3, 0.4) is 0 Å². The maximum atomic E-state index is 12.3. The monoisotopic (exact) mass is 349 g/mol. The van der Waals surface area contributed by atoms with E-state index < -0.39 is 0 Å². The standard InChI is InChI=1S/C20H23N5O/c1-14(20(26)23-15-6-7-15)24-8-10-25(11-9-24)19-12-16(13-21)22-18-5-3-2-4-17(18)19/h2-5,12,14-15H,6-11H2,1H3,(H,23,26). The number of aromatic nitrogens is 1. The van der Waals surface area contributed by atoms with Gasteiger partial charge in [0.05, 0.1) is 11.6 Å². The molecule has 0 spiro atoms. The van der Waals surface area contributed by atoms with Crippen molar-refractivity contribution in [2.24, 2.45) is 0 Å². The lowest BCUT2D eigenvalue weighted by atomic mass is 10.1. The fourth-order valence-electron chi connectivity index (χ4n) is 3.54. The van der Waals surface area contributed by atoms with Gasteiger partial charge in [-0.1, -0.05) is 18.2 Å². The Bertz CT molecular complexity index is 862. The molecular weight excluding hydrogens is 326 g/mol. The van der Waals surface area contributed by atoms with Crippen LogP contribution < -0.4 is 10.2 Å². The summed E-state index contributed by atoms with van der Waals surface area (Å²) in [5.41, 5.74) is 2.35. The fraction of sp³-hybridized carbons (Fsp3) is 0.450. The Kier molecular flexibility index (Phi) is 4.48. The van der Waals surface area contributed by atoms with Gasteiger partial charge in [-0.25, -0.2) is 4.98 Å². The Morgan fingerprint density at radius 3 is 2.69 bits per heavy atom. The highest BCUT2D eigenvalue weighted by molar-refractivity contribution is 5.92. The summed E-state index contributed by atoms with van der Waals surface area (Å²) < 4.78 is 0. The summed E-state index contributed by atoms with van der Waals surface area (Å²) in [7, 11) is 0. The lowest BCUT2D eigenvalue weighted by molar-refractivity contribution is -0.126. The Balaban J connectivity index is 1.48. The molecule has 2 aliphatic rings. The molecule has 1 aromatic carbocycles. The van der Waals surface area contributed by atoms with Crippen molar-refractivity contribution in [2.75, 3.05) is 31.1 Å². The summed E-state index contributed by atoms with van der Waals surface area (Å²) >= 11 is 0. The van der Waals surface area contributed by atoms with E-state index >= 15 is 0 Å². The molecule has 134 valence electrons.